The molecule has 3 heterocycles. The number of carbonyl (C=O) groups is 2. The average Bonchev–Trinajstić information content (AvgIpc) is 2.96. The van der Waals surface area contributed by atoms with E-state index in [4.69, 9.17) is 9.26 Å². The number of hydrogen-bond acceptors (Lipinski definition) is 5. The quantitative estimate of drug-likeness (QED) is 0.804. The zero-order valence-corrected chi connectivity index (χ0v) is 12.5. The van der Waals surface area contributed by atoms with Crippen molar-refractivity contribution in [3.63, 3.8) is 0 Å². The largest absolute Gasteiger partial charge is 0.368 e. The molecule has 0 N–H and O–H groups in total. The summed E-state index contributed by atoms with van der Waals surface area (Å²) in [5.41, 5.74) is 0. The summed E-state index contributed by atoms with van der Waals surface area (Å²) < 4.78 is 10.8. The van der Waals surface area contributed by atoms with E-state index in [1.165, 1.54) is 19.0 Å². The van der Waals surface area contributed by atoms with Crippen LogP contribution in [0, 0.1) is 11.8 Å². The number of aromatic nitrogens is 1. The standard InChI is InChI=1S/C15H19N3O4/c1-17-11-7-18(14(19)12-4-5-16-22-12)6-10(11)13(15(17)20)21-8-9-2-3-9/h4-5,9-11,13H,2-3,6-8H2,1H3/t10-,11+,13-/m0/s1. The second-order valence-corrected chi connectivity index (χ2v) is 6.46. The van der Waals surface area contributed by atoms with Crippen molar-refractivity contribution in [1.82, 2.24) is 15.0 Å². The SMILES string of the molecule is CN1C(=O)[C@@H](OCC2CC2)[C@H]2CN(C(=O)c3ccno3)C[C@H]21. The van der Waals surface area contributed by atoms with Crippen molar-refractivity contribution in [2.75, 3.05) is 26.7 Å². The molecular weight excluding hydrogens is 286 g/mol. The predicted molar refractivity (Wildman–Crippen MR) is 74.9 cm³/mol. The van der Waals surface area contributed by atoms with Crippen LogP contribution in [-0.4, -0.2) is 65.7 Å². The Morgan fingerprint density at radius 2 is 2.27 bits per heavy atom. The lowest BCUT2D eigenvalue weighted by atomic mass is 10.0. The Bertz CT molecular complexity index is 584. The van der Waals surface area contributed by atoms with Crippen LogP contribution in [0.3, 0.4) is 0 Å². The van der Waals surface area contributed by atoms with Crippen molar-refractivity contribution in [3.8, 4) is 0 Å². The van der Waals surface area contributed by atoms with Crippen LogP contribution in [0.15, 0.2) is 16.8 Å². The monoisotopic (exact) mass is 305 g/mol. The lowest BCUT2D eigenvalue weighted by molar-refractivity contribution is -0.138. The molecule has 118 valence electrons. The number of ether oxygens (including phenoxy) is 1. The third-order valence-electron chi connectivity index (χ3n) is 4.95. The van der Waals surface area contributed by atoms with Gasteiger partial charge in [-0.05, 0) is 18.8 Å². The first kappa shape index (κ1) is 13.8. The van der Waals surface area contributed by atoms with Crippen molar-refractivity contribution in [2.24, 2.45) is 11.8 Å². The molecule has 2 amide bonds. The van der Waals surface area contributed by atoms with Gasteiger partial charge in [-0.2, -0.15) is 0 Å². The molecule has 0 unspecified atom stereocenters. The molecule has 0 spiro atoms. The molecule has 1 saturated carbocycles. The first-order valence-corrected chi connectivity index (χ1v) is 7.73. The predicted octanol–water partition coefficient (Wildman–Crippen LogP) is 0.382. The molecule has 7 nitrogen and oxygen atoms in total. The molecule has 2 saturated heterocycles. The van der Waals surface area contributed by atoms with E-state index < -0.39 is 6.10 Å². The lowest BCUT2D eigenvalue weighted by Gasteiger charge is -2.21. The molecule has 2 aliphatic heterocycles. The second kappa shape index (κ2) is 5.08. The third kappa shape index (κ3) is 2.20. The molecule has 1 aromatic heterocycles. The van der Waals surface area contributed by atoms with Crippen molar-refractivity contribution < 1.29 is 18.8 Å². The van der Waals surface area contributed by atoms with Crippen LogP contribution in [0.5, 0.6) is 0 Å². The fraction of sp³-hybridized carbons (Fsp3) is 0.667. The van der Waals surface area contributed by atoms with Crippen LogP contribution in [0.2, 0.25) is 0 Å². The summed E-state index contributed by atoms with van der Waals surface area (Å²) >= 11 is 0. The number of fused-ring (bicyclic) bond motifs is 1. The van der Waals surface area contributed by atoms with Gasteiger partial charge in [-0.25, -0.2) is 0 Å². The summed E-state index contributed by atoms with van der Waals surface area (Å²) in [7, 11) is 1.79. The molecule has 1 aliphatic carbocycles. The molecule has 3 aliphatic rings. The number of carbonyl (C=O) groups excluding carboxylic acids is 2. The topological polar surface area (TPSA) is 75.9 Å². The summed E-state index contributed by atoms with van der Waals surface area (Å²) in [6, 6.07) is 1.59. The van der Waals surface area contributed by atoms with E-state index in [0.717, 1.165) is 0 Å². The maximum absolute atomic E-state index is 12.4. The van der Waals surface area contributed by atoms with Gasteiger partial charge in [-0.3, -0.25) is 9.59 Å². The van der Waals surface area contributed by atoms with Gasteiger partial charge in [0.05, 0.1) is 18.8 Å². The molecule has 7 heteroatoms. The summed E-state index contributed by atoms with van der Waals surface area (Å²) in [5, 5.41) is 3.57. The number of likely N-dealkylation sites (N-methyl/N-ethyl adjacent to an activating group) is 1. The molecule has 3 fully saturated rings. The van der Waals surface area contributed by atoms with E-state index in [9.17, 15) is 9.59 Å². The van der Waals surface area contributed by atoms with Gasteiger partial charge >= 0.3 is 0 Å². The van der Waals surface area contributed by atoms with Gasteiger partial charge in [0.25, 0.3) is 11.8 Å². The van der Waals surface area contributed by atoms with Crippen LogP contribution in [0.25, 0.3) is 0 Å². The number of nitrogens with zero attached hydrogens (tertiary/aromatic N) is 3. The number of likely N-dealkylation sites (tertiary alicyclic amines) is 2. The summed E-state index contributed by atoms with van der Waals surface area (Å²) in [6.45, 7) is 1.70. The Labute approximate surface area is 128 Å². The van der Waals surface area contributed by atoms with E-state index in [2.05, 4.69) is 5.16 Å². The van der Waals surface area contributed by atoms with Gasteiger partial charge < -0.3 is 19.1 Å². The molecule has 0 bridgehead atoms. The number of rotatable bonds is 4. The number of hydrogen-bond donors (Lipinski definition) is 0. The third-order valence-corrected chi connectivity index (χ3v) is 4.95. The maximum atomic E-state index is 12.4. The molecule has 4 rings (SSSR count). The molecule has 22 heavy (non-hydrogen) atoms. The highest BCUT2D eigenvalue weighted by molar-refractivity contribution is 5.92. The van der Waals surface area contributed by atoms with Gasteiger partial charge in [0, 0.05) is 32.1 Å². The zero-order valence-electron chi connectivity index (χ0n) is 12.5. The highest BCUT2D eigenvalue weighted by Gasteiger charge is 2.53. The second-order valence-electron chi connectivity index (χ2n) is 6.46. The fourth-order valence-electron chi connectivity index (χ4n) is 3.43. The Hall–Kier alpha value is -1.89. The molecule has 1 aromatic rings. The van der Waals surface area contributed by atoms with Gasteiger partial charge in [0.1, 0.15) is 6.10 Å². The minimum Gasteiger partial charge on any atom is -0.368 e. The first-order valence-electron chi connectivity index (χ1n) is 7.73. The first-order chi connectivity index (χ1) is 10.6. The van der Waals surface area contributed by atoms with Gasteiger partial charge in [-0.1, -0.05) is 5.16 Å². The van der Waals surface area contributed by atoms with Crippen LogP contribution < -0.4 is 0 Å². The molecule has 0 radical (unpaired) electrons. The van der Waals surface area contributed by atoms with Crippen molar-refractivity contribution in [1.29, 1.82) is 0 Å². The molecule has 3 atom stereocenters. The van der Waals surface area contributed by atoms with Crippen LogP contribution in [0.4, 0.5) is 0 Å². The number of amides is 2. The summed E-state index contributed by atoms with van der Waals surface area (Å²) in [4.78, 5) is 28.1. The minimum atomic E-state index is -0.414. The van der Waals surface area contributed by atoms with Crippen molar-refractivity contribution in [2.45, 2.75) is 25.0 Å². The van der Waals surface area contributed by atoms with Crippen molar-refractivity contribution >= 4 is 11.8 Å². The molecule has 0 aromatic carbocycles. The van der Waals surface area contributed by atoms with E-state index in [-0.39, 0.29) is 29.5 Å². The summed E-state index contributed by atoms with van der Waals surface area (Å²) in [5.74, 6) is 0.772. The van der Waals surface area contributed by atoms with Crippen LogP contribution in [0.1, 0.15) is 23.4 Å². The molecular formula is C15H19N3O4. The van der Waals surface area contributed by atoms with Gasteiger partial charge in [0.15, 0.2) is 0 Å². The minimum absolute atomic E-state index is 0.0311. The Morgan fingerprint density at radius 3 is 2.95 bits per heavy atom. The smallest absolute Gasteiger partial charge is 0.292 e. The Kier molecular flexibility index (Phi) is 3.18. The van der Waals surface area contributed by atoms with Crippen LogP contribution in [-0.2, 0) is 9.53 Å². The van der Waals surface area contributed by atoms with Gasteiger partial charge in [-0.15, -0.1) is 0 Å². The average molecular weight is 305 g/mol. The Balaban J connectivity index is 1.47. The van der Waals surface area contributed by atoms with Gasteiger partial charge in [0.2, 0.25) is 5.76 Å². The lowest BCUT2D eigenvalue weighted by Crippen LogP contribution is -2.39. The maximum Gasteiger partial charge on any atom is 0.292 e. The van der Waals surface area contributed by atoms with E-state index >= 15 is 0 Å². The fourth-order valence-corrected chi connectivity index (χ4v) is 3.43. The van der Waals surface area contributed by atoms with Crippen molar-refractivity contribution in [3.05, 3.63) is 18.0 Å². The van der Waals surface area contributed by atoms with E-state index in [1.807, 2.05) is 0 Å². The zero-order chi connectivity index (χ0) is 15.3. The highest BCUT2D eigenvalue weighted by atomic mass is 16.5. The van der Waals surface area contributed by atoms with Crippen LogP contribution >= 0.6 is 0 Å². The Morgan fingerprint density at radius 1 is 1.45 bits per heavy atom. The highest BCUT2D eigenvalue weighted by Crippen LogP contribution is 2.36. The van der Waals surface area contributed by atoms with E-state index in [1.54, 1.807) is 22.9 Å². The summed E-state index contributed by atoms with van der Waals surface area (Å²) in [6.07, 6.45) is 3.44. The normalized spacial score (nSPS) is 31.0. The van der Waals surface area contributed by atoms with E-state index in [0.29, 0.717) is 25.6 Å².